The molecule has 0 radical (unpaired) electrons. The van der Waals surface area contributed by atoms with Gasteiger partial charge in [-0.15, -0.1) is 10.2 Å². The highest BCUT2D eigenvalue weighted by atomic mass is 16.4. The Hall–Kier alpha value is -2.12. The van der Waals surface area contributed by atoms with Crippen molar-refractivity contribution in [2.24, 2.45) is 7.05 Å². The van der Waals surface area contributed by atoms with Gasteiger partial charge in [-0.25, -0.2) is 9.59 Å². The summed E-state index contributed by atoms with van der Waals surface area (Å²) >= 11 is 0. The number of carboxylic acids is 1. The molecule has 1 aliphatic rings. The number of nitrogens with one attached hydrogen (secondary N) is 1. The summed E-state index contributed by atoms with van der Waals surface area (Å²) in [6.07, 6.45) is 3.72. The highest BCUT2D eigenvalue weighted by Gasteiger charge is 2.32. The lowest BCUT2D eigenvalue weighted by atomic mass is 10.0. The van der Waals surface area contributed by atoms with Gasteiger partial charge in [0.05, 0.1) is 6.04 Å². The van der Waals surface area contributed by atoms with Crippen molar-refractivity contribution in [1.82, 2.24) is 25.0 Å². The minimum atomic E-state index is -0.953. The molecule has 8 nitrogen and oxygen atoms in total. The van der Waals surface area contributed by atoms with E-state index in [2.05, 4.69) is 15.5 Å². The molecule has 2 heterocycles. The fourth-order valence-corrected chi connectivity index (χ4v) is 2.45. The van der Waals surface area contributed by atoms with Crippen LogP contribution in [0.2, 0.25) is 0 Å². The van der Waals surface area contributed by atoms with E-state index in [4.69, 9.17) is 0 Å². The lowest BCUT2D eigenvalue weighted by Crippen LogP contribution is -2.52. The lowest BCUT2D eigenvalue weighted by Gasteiger charge is -2.33. The number of amides is 2. The molecule has 1 aromatic rings. The van der Waals surface area contributed by atoms with Gasteiger partial charge < -0.3 is 19.9 Å². The maximum absolute atomic E-state index is 12.2. The van der Waals surface area contributed by atoms with Gasteiger partial charge in [-0.2, -0.15) is 0 Å². The number of piperidine rings is 1. The molecule has 1 saturated heterocycles. The van der Waals surface area contributed by atoms with Gasteiger partial charge in [-0.1, -0.05) is 0 Å². The van der Waals surface area contributed by atoms with Crippen LogP contribution in [-0.2, 0) is 11.8 Å². The van der Waals surface area contributed by atoms with E-state index in [1.54, 1.807) is 24.9 Å². The molecule has 1 fully saturated rings. The Morgan fingerprint density at radius 3 is 2.85 bits per heavy atom. The molecule has 0 spiro atoms. The van der Waals surface area contributed by atoms with E-state index in [1.807, 2.05) is 0 Å². The van der Waals surface area contributed by atoms with Crippen LogP contribution in [0.25, 0.3) is 0 Å². The van der Waals surface area contributed by atoms with Crippen molar-refractivity contribution < 1.29 is 14.7 Å². The zero-order valence-electron chi connectivity index (χ0n) is 11.6. The number of aryl methyl sites for hydroxylation is 1. The predicted molar refractivity (Wildman–Crippen MR) is 69.9 cm³/mol. The van der Waals surface area contributed by atoms with Gasteiger partial charge in [-0.3, -0.25) is 0 Å². The maximum atomic E-state index is 12.2. The van der Waals surface area contributed by atoms with E-state index >= 15 is 0 Å². The van der Waals surface area contributed by atoms with Gasteiger partial charge in [0.15, 0.2) is 5.82 Å². The SMILES string of the molecule is CC(NC(=O)N1CCCCC1C(=O)O)c1nncn1C. The summed E-state index contributed by atoms with van der Waals surface area (Å²) < 4.78 is 1.72. The molecule has 0 aromatic carbocycles. The number of likely N-dealkylation sites (tertiary alicyclic amines) is 1. The van der Waals surface area contributed by atoms with Crippen molar-refractivity contribution in [2.75, 3.05) is 6.54 Å². The summed E-state index contributed by atoms with van der Waals surface area (Å²) in [5.41, 5.74) is 0. The summed E-state index contributed by atoms with van der Waals surface area (Å²) in [4.78, 5) is 24.8. The fraction of sp³-hybridized carbons (Fsp3) is 0.667. The molecule has 2 rings (SSSR count). The average Bonchev–Trinajstić information content (AvgIpc) is 2.85. The molecule has 2 atom stereocenters. The van der Waals surface area contributed by atoms with E-state index in [9.17, 15) is 14.7 Å². The van der Waals surface area contributed by atoms with E-state index in [0.29, 0.717) is 18.8 Å². The van der Waals surface area contributed by atoms with Crippen LogP contribution in [0.4, 0.5) is 4.79 Å². The lowest BCUT2D eigenvalue weighted by molar-refractivity contribution is -0.143. The number of urea groups is 1. The monoisotopic (exact) mass is 281 g/mol. The largest absolute Gasteiger partial charge is 0.480 e. The number of carbonyl (C=O) groups is 2. The maximum Gasteiger partial charge on any atom is 0.326 e. The van der Waals surface area contributed by atoms with Crippen molar-refractivity contribution >= 4 is 12.0 Å². The standard InChI is InChI=1S/C12H19N5O3/c1-8(10-15-13-7-16(10)2)14-12(20)17-6-4-3-5-9(17)11(18)19/h7-9H,3-6H2,1-2H3,(H,14,20)(H,18,19). The molecule has 0 aliphatic carbocycles. The van der Waals surface area contributed by atoms with Crippen LogP contribution >= 0.6 is 0 Å². The van der Waals surface area contributed by atoms with Crippen LogP contribution in [0.15, 0.2) is 6.33 Å². The summed E-state index contributed by atoms with van der Waals surface area (Å²) in [5, 5.41) is 19.6. The minimum absolute atomic E-state index is 0.327. The third kappa shape index (κ3) is 2.89. The Kier molecular flexibility index (Phi) is 4.21. The topological polar surface area (TPSA) is 100 Å². The van der Waals surface area contributed by atoms with Gasteiger partial charge in [0.25, 0.3) is 0 Å². The number of nitrogens with zero attached hydrogens (tertiary/aromatic N) is 4. The smallest absolute Gasteiger partial charge is 0.326 e. The first kappa shape index (κ1) is 14.3. The molecule has 2 unspecified atom stereocenters. The summed E-state index contributed by atoms with van der Waals surface area (Å²) in [6, 6.07) is -1.44. The number of aliphatic carboxylic acids is 1. The molecule has 2 amide bonds. The highest BCUT2D eigenvalue weighted by Crippen LogP contribution is 2.18. The molecule has 2 N–H and O–H groups in total. The summed E-state index contributed by atoms with van der Waals surface area (Å²) in [5.74, 6) is -0.326. The molecule has 0 saturated carbocycles. The molecule has 0 bridgehead atoms. The van der Waals surface area contributed by atoms with Gasteiger partial charge in [0, 0.05) is 13.6 Å². The first-order valence-electron chi connectivity index (χ1n) is 6.64. The van der Waals surface area contributed by atoms with Crippen molar-refractivity contribution in [3.8, 4) is 0 Å². The Morgan fingerprint density at radius 2 is 2.25 bits per heavy atom. The van der Waals surface area contributed by atoms with E-state index in [0.717, 1.165) is 12.8 Å². The van der Waals surface area contributed by atoms with Crippen LogP contribution < -0.4 is 5.32 Å². The number of carbonyl (C=O) groups excluding carboxylic acids is 1. The summed E-state index contributed by atoms with van der Waals surface area (Å²) in [7, 11) is 1.79. The highest BCUT2D eigenvalue weighted by molar-refractivity contribution is 5.83. The van der Waals surface area contributed by atoms with Gasteiger partial charge in [0.2, 0.25) is 0 Å². The first-order valence-corrected chi connectivity index (χ1v) is 6.64. The Morgan fingerprint density at radius 1 is 1.50 bits per heavy atom. The van der Waals surface area contributed by atoms with Crippen molar-refractivity contribution in [3.05, 3.63) is 12.2 Å². The van der Waals surface area contributed by atoms with Crippen molar-refractivity contribution in [1.29, 1.82) is 0 Å². The van der Waals surface area contributed by atoms with E-state index in [-0.39, 0.29) is 12.1 Å². The second-order valence-electron chi connectivity index (χ2n) is 5.01. The molecule has 1 aliphatic heterocycles. The second kappa shape index (κ2) is 5.89. The van der Waals surface area contributed by atoms with Crippen molar-refractivity contribution in [2.45, 2.75) is 38.3 Å². The average molecular weight is 281 g/mol. The van der Waals surface area contributed by atoms with Crippen LogP contribution in [0, 0.1) is 0 Å². The second-order valence-corrected chi connectivity index (χ2v) is 5.01. The normalized spacial score (nSPS) is 20.5. The number of hydrogen-bond donors (Lipinski definition) is 2. The number of hydrogen-bond acceptors (Lipinski definition) is 4. The fourth-order valence-electron chi connectivity index (χ4n) is 2.45. The zero-order valence-corrected chi connectivity index (χ0v) is 11.6. The molecular formula is C12H19N5O3. The quantitative estimate of drug-likeness (QED) is 0.841. The molecular weight excluding hydrogens is 262 g/mol. The molecule has 8 heteroatoms. The molecule has 20 heavy (non-hydrogen) atoms. The molecule has 1 aromatic heterocycles. The third-order valence-corrected chi connectivity index (χ3v) is 3.52. The minimum Gasteiger partial charge on any atom is -0.480 e. The van der Waals surface area contributed by atoms with E-state index in [1.165, 1.54) is 4.90 Å². The Bertz CT molecular complexity index is 501. The van der Waals surface area contributed by atoms with Gasteiger partial charge in [0.1, 0.15) is 12.4 Å². The third-order valence-electron chi connectivity index (χ3n) is 3.52. The Balaban J connectivity index is 2.03. The number of aromatic nitrogens is 3. The van der Waals surface area contributed by atoms with Crippen molar-refractivity contribution in [3.63, 3.8) is 0 Å². The number of rotatable bonds is 3. The molecule has 110 valence electrons. The van der Waals surface area contributed by atoms with Gasteiger partial charge >= 0.3 is 12.0 Å². The van der Waals surface area contributed by atoms with Crippen LogP contribution in [0.5, 0.6) is 0 Å². The zero-order chi connectivity index (χ0) is 14.7. The van der Waals surface area contributed by atoms with Gasteiger partial charge in [-0.05, 0) is 26.2 Å². The Labute approximate surface area is 116 Å². The van der Waals surface area contributed by atoms with Crippen LogP contribution in [0.1, 0.15) is 38.1 Å². The van der Waals surface area contributed by atoms with Crippen LogP contribution in [-0.4, -0.2) is 49.4 Å². The summed E-state index contributed by atoms with van der Waals surface area (Å²) in [6.45, 7) is 2.26. The number of carboxylic acid groups (broad SMARTS) is 1. The van der Waals surface area contributed by atoms with Crippen LogP contribution in [0.3, 0.4) is 0 Å². The predicted octanol–water partition coefficient (Wildman–Crippen LogP) is 0.525. The van der Waals surface area contributed by atoms with E-state index < -0.39 is 12.0 Å². The first-order chi connectivity index (χ1) is 9.50.